The van der Waals surface area contributed by atoms with Gasteiger partial charge in [0.2, 0.25) is 11.8 Å². The van der Waals surface area contributed by atoms with E-state index >= 15 is 0 Å². The van der Waals surface area contributed by atoms with E-state index in [4.69, 9.17) is 5.11 Å². The highest BCUT2D eigenvalue weighted by atomic mass is 16.4. The largest absolute Gasteiger partial charge is 0.480 e. The van der Waals surface area contributed by atoms with Crippen molar-refractivity contribution < 1.29 is 19.5 Å². The lowest BCUT2D eigenvalue weighted by atomic mass is 10.0. The van der Waals surface area contributed by atoms with Crippen LogP contribution in [0.4, 0.5) is 0 Å². The van der Waals surface area contributed by atoms with Gasteiger partial charge < -0.3 is 15.3 Å². The summed E-state index contributed by atoms with van der Waals surface area (Å²) in [4.78, 5) is 36.1. The van der Waals surface area contributed by atoms with Crippen molar-refractivity contribution in [3.63, 3.8) is 0 Å². The maximum Gasteiger partial charge on any atom is 0.326 e. The minimum absolute atomic E-state index is 0.0240. The standard InChI is InChI=1S/C13H22N2O4/c1-9(2)12(13(18)19)14-10(16)8-15-7-5-3-4-6-11(15)17/h9,12H,3-8H2,1-2H3,(H,14,16)(H,18,19)/t12-/m0/s1. The average molecular weight is 270 g/mol. The van der Waals surface area contributed by atoms with Crippen molar-refractivity contribution in [3.05, 3.63) is 0 Å². The van der Waals surface area contributed by atoms with Crippen LogP contribution in [0.3, 0.4) is 0 Å². The number of hydrogen-bond acceptors (Lipinski definition) is 3. The van der Waals surface area contributed by atoms with E-state index in [2.05, 4.69) is 5.32 Å². The van der Waals surface area contributed by atoms with Gasteiger partial charge in [-0.1, -0.05) is 20.3 Å². The van der Waals surface area contributed by atoms with Crippen LogP contribution in [0.2, 0.25) is 0 Å². The van der Waals surface area contributed by atoms with E-state index in [9.17, 15) is 14.4 Å². The summed E-state index contributed by atoms with van der Waals surface area (Å²) in [5.41, 5.74) is 0. The third-order valence-electron chi connectivity index (χ3n) is 3.26. The molecule has 108 valence electrons. The van der Waals surface area contributed by atoms with Crippen LogP contribution in [-0.4, -0.2) is 46.9 Å². The quantitative estimate of drug-likeness (QED) is 0.766. The number of nitrogens with zero attached hydrogens (tertiary/aromatic N) is 1. The number of aliphatic carboxylic acids is 1. The Bertz CT molecular complexity index is 355. The van der Waals surface area contributed by atoms with Gasteiger partial charge in [-0.05, 0) is 18.8 Å². The lowest BCUT2D eigenvalue weighted by Gasteiger charge is -2.23. The Balaban J connectivity index is 2.53. The summed E-state index contributed by atoms with van der Waals surface area (Å²) >= 11 is 0. The smallest absolute Gasteiger partial charge is 0.326 e. The topological polar surface area (TPSA) is 86.7 Å². The molecule has 1 aliphatic heterocycles. The molecule has 0 aliphatic carbocycles. The molecule has 1 atom stereocenters. The highest BCUT2D eigenvalue weighted by molar-refractivity contribution is 5.88. The maximum absolute atomic E-state index is 11.8. The molecule has 0 saturated carbocycles. The molecule has 19 heavy (non-hydrogen) atoms. The monoisotopic (exact) mass is 270 g/mol. The average Bonchev–Trinajstić information content (AvgIpc) is 2.51. The lowest BCUT2D eigenvalue weighted by molar-refractivity contribution is -0.143. The first-order chi connectivity index (χ1) is 8.91. The summed E-state index contributed by atoms with van der Waals surface area (Å²) in [6, 6.07) is -0.908. The van der Waals surface area contributed by atoms with Gasteiger partial charge >= 0.3 is 5.97 Å². The van der Waals surface area contributed by atoms with E-state index in [1.165, 1.54) is 4.90 Å². The van der Waals surface area contributed by atoms with Crippen molar-refractivity contribution in [1.29, 1.82) is 0 Å². The highest BCUT2D eigenvalue weighted by Crippen LogP contribution is 2.11. The molecular weight excluding hydrogens is 248 g/mol. The van der Waals surface area contributed by atoms with Gasteiger partial charge in [-0.25, -0.2) is 4.79 Å². The molecule has 6 nitrogen and oxygen atoms in total. The fourth-order valence-electron chi connectivity index (χ4n) is 2.11. The second-order valence-corrected chi connectivity index (χ2v) is 5.25. The number of likely N-dealkylation sites (tertiary alicyclic amines) is 1. The second-order valence-electron chi connectivity index (χ2n) is 5.25. The Morgan fingerprint density at radius 3 is 2.58 bits per heavy atom. The summed E-state index contributed by atoms with van der Waals surface area (Å²) in [6.07, 6.45) is 3.22. The van der Waals surface area contributed by atoms with E-state index in [0.29, 0.717) is 13.0 Å². The van der Waals surface area contributed by atoms with Crippen LogP contribution in [0.15, 0.2) is 0 Å². The van der Waals surface area contributed by atoms with Gasteiger partial charge in [0.05, 0.1) is 6.54 Å². The molecule has 6 heteroatoms. The zero-order valence-electron chi connectivity index (χ0n) is 11.5. The maximum atomic E-state index is 11.8. The molecule has 0 radical (unpaired) electrons. The van der Waals surface area contributed by atoms with Gasteiger partial charge in [0.25, 0.3) is 0 Å². The van der Waals surface area contributed by atoms with Crippen molar-refractivity contribution in [2.24, 2.45) is 5.92 Å². The minimum atomic E-state index is -1.05. The summed E-state index contributed by atoms with van der Waals surface area (Å²) in [5.74, 6) is -1.67. The Labute approximate surface area is 113 Å². The molecule has 1 saturated heterocycles. The Hall–Kier alpha value is -1.59. The zero-order chi connectivity index (χ0) is 14.4. The van der Waals surface area contributed by atoms with Crippen LogP contribution in [-0.2, 0) is 14.4 Å². The van der Waals surface area contributed by atoms with Crippen molar-refractivity contribution in [2.45, 2.75) is 45.6 Å². The summed E-state index contributed by atoms with van der Waals surface area (Å²) in [7, 11) is 0. The Morgan fingerprint density at radius 2 is 2.00 bits per heavy atom. The summed E-state index contributed by atoms with van der Waals surface area (Å²) < 4.78 is 0. The molecule has 0 aromatic heterocycles. The van der Waals surface area contributed by atoms with Crippen LogP contribution in [0.25, 0.3) is 0 Å². The number of hydrogen-bond donors (Lipinski definition) is 2. The van der Waals surface area contributed by atoms with E-state index in [1.54, 1.807) is 13.8 Å². The van der Waals surface area contributed by atoms with Crippen LogP contribution < -0.4 is 5.32 Å². The van der Waals surface area contributed by atoms with Crippen molar-refractivity contribution in [2.75, 3.05) is 13.1 Å². The van der Waals surface area contributed by atoms with Gasteiger partial charge in [0.15, 0.2) is 0 Å². The van der Waals surface area contributed by atoms with Crippen LogP contribution in [0.5, 0.6) is 0 Å². The molecule has 2 N–H and O–H groups in total. The Kier molecular flexibility index (Phi) is 5.79. The fraction of sp³-hybridized carbons (Fsp3) is 0.769. The molecule has 1 heterocycles. The SMILES string of the molecule is CC(C)[C@H](NC(=O)CN1CCCCCC1=O)C(=O)O. The normalized spacial score (nSPS) is 18.1. The molecule has 2 amide bonds. The van der Waals surface area contributed by atoms with Gasteiger partial charge in [0, 0.05) is 13.0 Å². The molecule has 0 unspecified atom stereocenters. The van der Waals surface area contributed by atoms with Crippen molar-refractivity contribution >= 4 is 17.8 Å². The van der Waals surface area contributed by atoms with Crippen molar-refractivity contribution in [1.82, 2.24) is 10.2 Å². The molecule has 1 fully saturated rings. The minimum Gasteiger partial charge on any atom is -0.480 e. The fourth-order valence-corrected chi connectivity index (χ4v) is 2.11. The predicted molar refractivity (Wildman–Crippen MR) is 69.5 cm³/mol. The highest BCUT2D eigenvalue weighted by Gasteiger charge is 2.25. The third-order valence-corrected chi connectivity index (χ3v) is 3.26. The van der Waals surface area contributed by atoms with Crippen LogP contribution in [0, 0.1) is 5.92 Å². The predicted octanol–water partition coefficient (Wildman–Crippen LogP) is 0.614. The number of nitrogens with one attached hydrogen (secondary N) is 1. The van der Waals surface area contributed by atoms with Gasteiger partial charge in [0.1, 0.15) is 6.04 Å². The van der Waals surface area contributed by atoms with Gasteiger partial charge in [-0.2, -0.15) is 0 Å². The molecule has 0 spiro atoms. The molecule has 1 aliphatic rings. The first-order valence-electron chi connectivity index (χ1n) is 6.71. The third kappa shape index (κ3) is 4.89. The number of amides is 2. The van der Waals surface area contributed by atoms with Crippen LogP contribution >= 0.6 is 0 Å². The van der Waals surface area contributed by atoms with E-state index in [1.807, 2.05) is 0 Å². The second kappa shape index (κ2) is 7.11. The zero-order valence-corrected chi connectivity index (χ0v) is 11.5. The van der Waals surface area contributed by atoms with E-state index in [-0.39, 0.29) is 18.4 Å². The molecular formula is C13H22N2O4. The van der Waals surface area contributed by atoms with Crippen molar-refractivity contribution in [3.8, 4) is 0 Å². The number of rotatable bonds is 5. The van der Waals surface area contributed by atoms with E-state index < -0.39 is 17.9 Å². The number of carbonyl (C=O) groups is 3. The Morgan fingerprint density at radius 1 is 1.32 bits per heavy atom. The van der Waals surface area contributed by atoms with Gasteiger partial charge in [-0.3, -0.25) is 9.59 Å². The molecule has 1 rings (SSSR count). The first-order valence-corrected chi connectivity index (χ1v) is 6.71. The lowest BCUT2D eigenvalue weighted by Crippen LogP contribution is -2.49. The number of carboxylic acids is 1. The van der Waals surface area contributed by atoms with Crippen LogP contribution in [0.1, 0.15) is 39.5 Å². The first kappa shape index (κ1) is 15.5. The molecule has 0 aromatic carbocycles. The van der Waals surface area contributed by atoms with Gasteiger partial charge in [-0.15, -0.1) is 0 Å². The summed E-state index contributed by atoms with van der Waals surface area (Å²) in [6.45, 7) is 3.99. The number of carboxylic acid groups (broad SMARTS) is 1. The molecule has 0 bridgehead atoms. The van der Waals surface area contributed by atoms with E-state index in [0.717, 1.165) is 19.3 Å². The number of carbonyl (C=O) groups excluding carboxylic acids is 2. The summed E-state index contributed by atoms with van der Waals surface area (Å²) in [5, 5.41) is 11.5. The molecule has 0 aromatic rings.